The van der Waals surface area contributed by atoms with Gasteiger partial charge in [-0.2, -0.15) is 0 Å². The lowest BCUT2D eigenvalue weighted by molar-refractivity contribution is 0.227. The van der Waals surface area contributed by atoms with Crippen molar-refractivity contribution in [1.82, 2.24) is 9.88 Å². The van der Waals surface area contributed by atoms with E-state index in [1.54, 1.807) is 0 Å². The first-order valence-corrected chi connectivity index (χ1v) is 6.66. The number of anilines is 1. The summed E-state index contributed by atoms with van der Waals surface area (Å²) >= 11 is 3.44. The highest BCUT2D eigenvalue weighted by Crippen LogP contribution is 2.18. The summed E-state index contributed by atoms with van der Waals surface area (Å²) in [6.07, 6.45) is 6.23. The van der Waals surface area contributed by atoms with Gasteiger partial charge in [-0.15, -0.1) is 0 Å². The van der Waals surface area contributed by atoms with Crippen molar-refractivity contribution in [2.24, 2.45) is 0 Å². The van der Waals surface area contributed by atoms with E-state index in [1.165, 1.54) is 19.4 Å². The lowest BCUT2D eigenvalue weighted by atomic mass is 10.1. The lowest BCUT2D eigenvalue weighted by Gasteiger charge is -2.32. The number of piperidine rings is 1. The molecule has 0 spiro atoms. The van der Waals surface area contributed by atoms with E-state index in [0.717, 1.165) is 23.2 Å². The SMILES string of the molecule is CCN1CCC[C@@H](Nc2cncc(Br)c2)C1. The molecule has 2 heterocycles. The topological polar surface area (TPSA) is 28.2 Å². The van der Waals surface area contributed by atoms with E-state index < -0.39 is 0 Å². The van der Waals surface area contributed by atoms with Crippen molar-refractivity contribution in [2.45, 2.75) is 25.8 Å². The monoisotopic (exact) mass is 283 g/mol. The molecule has 0 amide bonds. The minimum Gasteiger partial charge on any atom is -0.380 e. The second-order valence-electron chi connectivity index (χ2n) is 4.27. The molecule has 2 rings (SSSR count). The van der Waals surface area contributed by atoms with E-state index in [9.17, 15) is 0 Å². The number of likely N-dealkylation sites (tertiary alicyclic amines) is 1. The van der Waals surface area contributed by atoms with Crippen LogP contribution < -0.4 is 5.32 Å². The zero-order chi connectivity index (χ0) is 11.4. The van der Waals surface area contributed by atoms with E-state index in [1.807, 2.05) is 12.4 Å². The second kappa shape index (κ2) is 5.64. The Morgan fingerprint density at radius 2 is 2.44 bits per heavy atom. The van der Waals surface area contributed by atoms with Crippen molar-refractivity contribution < 1.29 is 0 Å². The zero-order valence-electron chi connectivity index (χ0n) is 9.62. The van der Waals surface area contributed by atoms with Crippen molar-refractivity contribution in [3.63, 3.8) is 0 Å². The molecule has 0 unspecified atom stereocenters. The number of rotatable bonds is 3. The van der Waals surface area contributed by atoms with Crippen LogP contribution in [0.25, 0.3) is 0 Å². The van der Waals surface area contributed by atoms with Crippen molar-refractivity contribution in [3.05, 3.63) is 22.9 Å². The highest BCUT2D eigenvalue weighted by molar-refractivity contribution is 9.10. The lowest BCUT2D eigenvalue weighted by Crippen LogP contribution is -2.41. The molecule has 1 N–H and O–H groups in total. The molecule has 1 aliphatic rings. The van der Waals surface area contributed by atoms with Gasteiger partial charge in [0.05, 0.1) is 11.9 Å². The molecule has 1 aliphatic heterocycles. The molecule has 0 bridgehead atoms. The molecule has 88 valence electrons. The number of aromatic nitrogens is 1. The number of nitrogens with one attached hydrogen (secondary N) is 1. The van der Waals surface area contributed by atoms with Gasteiger partial charge in [-0.25, -0.2) is 0 Å². The van der Waals surface area contributed by atoms with E-state index >= 15 is 0 Å². The molecular weight excluding hydrogens is 266 g/mol. The third kappa shape index (κ3) is 3.19. The molecule has 1 fully saturated rings. The summed E-state index contributed by atoms with van der Waals surface area (Å²) < 4.78 is 1.03. The Kier molecular flexibility index (Phi) is 4.18. The van der Waals surface area contributed by atoms with Crippen LogP contribution in [0.4, 0.5) is 5.69 Å². The summed E-state index contributed by atoms with van der Waals surface area (Å²) in [5.74, 6) is 0. The van der Waals surface area contributed by atoms with Crippen molar-refractivity contribution in [1.29, 1.82) is 0 Å². The van der Waals surface area contributed by atoms with Crippen LogP contribution in [0.3, 0.4) is 0 Å². The van der Waals surface area contributed by atoms with Crippen LogP contribution in [0.2, 0.25) is 0 Å². The fraction of sp³-hybridized carbons (Fsp3) is 0.583. The highest BCUT2D eigenvalue weighted by Gasteiger charge is 2.18. The molecule has 1 saturated heterocycles. The molecular formula is C12H18BrN3. The molecule has 0 aromatic carbocycles. The maximum Gasteiger partial charge on any atom is 0.0540 e. The number of halogens is 1. The number of pyridine rings is 1. The first kappa shape index (κ1) is 11.9. The van der Waals surface area contributed by atoms with Gasteiger partial charge in [-0.1, -0.05) is 6.92 Å². The van der Waals surface area contributed by atoms with Gasteiger partial charge in [-0.05, 0) is 47.9 Å². The maximum absolute atomic E-state index is 4.17. The maximum atomic E-state index is 4.17. The fourth-order valence-corrected chi connectivity index (χ4v) is 2.55. The smallest absolute Gasteiger partial charge is 0.0540 e. The predicted molar refractivity (Wildman–Crippen MR) is 70.7 cm³/mol. The van der Waals surface area contributed by atoms with E-state index in [4.69, 9.17) is 0 Å². The summed E-state index contributed by atoms with van der Waals surface area (Å²) in [6, 6.07) is 2.64. The van der Waals surface area contributed by atoms with Gasteiger partial charge in [-0.3, -0.25) is 4.98 Å². The van der Waals surface area contributed by atoms with Gasteiger partial charge in [0.15, 0.2) is 0 Å². The van der Waals surface area contributed by atoms with Gasteiger partial charge in [0.2, 0.25) is 0 Å². The van der Waals surface area contributed by atoms with Crippen molar-refractivity contribution in [2.75, 3.05) is 25.0 Å². The highest BCUT2D eigenvalue weighted by atomic mass is 79.9. The van der Waals surface area contributed by atoms with Crippen molar-refractivity contribution >= 4 is 21.6 Å². The van der Waals surface area contributed by atoms with E-state index in [2.05, 4.69) is 44.1 Å². The molecule has 1 atom stereocenters. The number of nitrogens with zero attached hydrogens (tertiary/aromatic N) is 2. The number of likely N-dealkylation sites (N-methyl/N-ethyl adjacent to an activating group) is 1. The number of hydrogen-bond acceptors (Lipinski definition) is 3. The molecule has 0 aliphatic carbocycles. The van der Waals surface area contributed by atoms with Crippen molar-refractivity contribution in [3.8, 4) is 0 Å². The first-order chi connectivity index (χ1) is 7.78. The molecule has 0 radical (unpaired) electrons. The third-order valence-electron chi connectivity index (χ3n) is 3.03. The van der Waals surface area contributed by atoms with E-state index in [0.29, 0.717) is 6.04 Å². The summed E-state index contributed by atoms with van der Waals surface area (Å²) in [7, 11) is 0. The minimum atomic E-state index is 0.560. The van der Waals surface area contributed by atoms with E-state index in [-0.39, 0.29) is 0 Å². The molecule has 4 heteroatoms. The summed E-state index contributed by atoms with van der Waals surface area (Å²) in [5, 5.41) is 3.55. The van der Waals surface area contributed by atoms with Crippen LogP contribution in [-0.4, -0.2) is 35.6 Å². The van der Waals surface area contributed by atoms with Gasteiger partial charge in [0.25, 0.3) is 0 Å². The third-order valence-corrected chi connectivity index (χ3v) is 3.46. The number of hydrogen-bond donors (Lipinski definition) is 1. The molecule has 3 nitrogen and oxygen atoms in total. The standard InChI is InChI=1S/C12H18BrN3/c1-2-16-5-3-4-11(9-16)15-12-6-10(13)7-14-8-12/h6-8,11,15H,2-5,9H2,1H3/t11-/m1/s1. The first-order valence-electron chi connectivity index (χ1n) is 5.87. The Morgan fingerprint density at radius 3 is 3.19 bits per heavy atom. The zero-order valence-corrected chi connectivity index (χ0v) is 11.2. The van der Waals surface area contributed by atoms with Gasteiger partial charge >= 0.3 is 0 Å². The Labute approximate surface area is 105 Å². The molecule has 0 saturated carbocycles. The second-order valence-corrected chi connectivity index (χ2v) is 5.18. The Morgan fingerprint density at radius 1 is 1.56 bits per heavy atom. The summed E-state index contributed by atoms with van der Waals surface area (Å²) in [6.45, 7) is 5.76. The quantitative estimate of drug-likeness (QED) is 0.925. The Balaban J connectivity index is 1.94. The minimum absolute atomic E-state index is 0.560. The van der Waals surface area contributed by atoms with Crippen LogP contribution in [0.5, 0.6) is 0 Å². The van der Waals surface area contributed by atoms with Gasteiger partial charge in [0, 0.05) is 23.3 Å². The van der Waals surface area contributed by atoms with Gasteiger partial charge < -0.3 is 10.2 Å². The molecule has 1 aromatic heterocycles. The Hall–Kier alpha value is -0.610. The van der Waals surface area contributed by atoms with Crippen LogP contribution >= 0.6 is 15.9 Å². The average Bonchev–Trinajstić information content (AvgIpc) is 2.29. The molecule has 16 heavy (non-hydrogen) atoms. The summed E-state index contributed by atoms with van der Waals surface area (Å²) in [4.78, 5) is 6.66. The van der Waals surface area contributed by atoms with Crippen LogP contribution in [-0.2, 0) is 0 Å². The van der Waals surface area contributed by atoms with Crippen LogP contribution in [0.1, 0.15) is 19.8 Å². The molecule has 1 aromatic rings. The fourth-order valence-electron chi connectivity index (χ4n) is 2.19. The normalized spacial score (nSPS) is 22.0. The van der Waals surface area contributed by atoms with Crippen LogP contribution in [0.15, 0.2) is 22.9 Å². The van der Waals surface area contributed by atoms with Crippen LogP contribution in [0, 0.1) is 0 Å². The average molecular weight is 284 g/mol. The van der Waals surface area contributed by atoms with Gasteiger partial charge in [0.1, 0.15) is 0 Å². The predicted octanol–water partition coefficient (Wildman–Crippen LogP) is 2.74. The summed E-state index contributed by atoms with van der Waals surface area (Å²) in [5.41, 5.74) is 1.11. The Bertz CT molecular complexity index is 343. The largest absolute Gasteiger partial charge is 0.380 e.